The minimum absolute atomic E-state index is 0.0850. The van der Waals surface area contributed by atoms with E-state index in [1.54, 1.807) is 35.2 Å². The maximum atomic E-state index is 16.5. The molecule has 5 aromatic carbocycles. The molecule has 47 heteroatoms. The van der Waals surface area contributed by atoms with E-state index in [-0.39, 0.29) is 85.8 Å². The lowest BCUT2D eigenvalue weighted by Crippen LogP contribution is -2.64. The van der Waals surface area contributed by atoms with Gasteiger partial charge in [0.25, 0.3) is 0 Å². The normalized spacial score (nSPS) is 26.9. The van der Waals surface area contributed by atoms with Crippen molar-refractivity contribution in [2.45, 2.75) is 188 Å². The molecule has 1 unspecified atom stereocenters. The van der Waals surface area contributed by atoms with Crippen molar-refractivity contribution < 1.29 is 142 Å². The number of aliphatic hydroxyl groups is 6. The van der Waals surface area contributed by atoms with Gasteiger partial charge in [-0.2, -0.15) is 0 Å². The first-order valence-electron chi connectivity index (χ1n) is 43.4. The number of phenolic OH excluding ortho intramolecular Hbond substituents is 3. The molecular weight excluding hydrogens is 1930 g/mol. The summed E-state index contributed by atoms with van der Waals surface area (Å²) in [6.45, 7) is 4.94. The number of fused-ring (bicyclic) bond motifs is 16. The molecule has 9 aliphatic heterocycles. The second-order valence-electron chi connectivity index (χ2n) is 34.5. The topological polar surface area (TPSA) is 640 Å². The van der Waals surface area contributed by atoms with Gasteiger partial charge in [-0.1, -0.05) is 89.4 Å². The molecule has 2 aromatic heterocycles. The van der Waals surface area contributed by atoms with Gasteiger partial charge in [-0.15, -0.1) is 23.4 Å². The number of aromatic hydroxyl groups is 3. The summed E-state index contributed by atoms with van der Waals surface area (Å²) in [6, 6.07) is 9.73. The average Bonchev–Trinajstić information content (AvgIpc) is 0.833. The molecular formula is C91H101Cl4N13O28S2. The number of aliphatic carboxylic acids is 1. The molecule has 21 N–H and O–H groups in total. The van der Waals surface area contributed by atoms with Crippen molar-refractivity contribution in [2.24, 2.45) is 34.4 Å². The van der Waals surface area contributed by atoms with Gasteiger partial charge in [0.2, 0.25) is 53.4 Å². The van der Waals surface area contributed by atoms with Crippen molar-refractivity contribution in [2.75, 3.05) is 44.7 Å². The number of likely N-dealkylation sites (N-methyl/N-ethyl adjacent to an activating group) is 1. The summed E-state index contributed by atoms with van der Waals surface area (Å²) in [5.41, 5.74) is 13.9. The number of aromatic nitrogens is 2. The van der Waals surface area contributed by atoms with E-state index >= 15 is 28.8 Å². The SMILES string of the molecule is CCl.CN[C@H](CC(C)C)C(=O)NC1C(=O)C[C@@H](CC(N)=O)C(=O)N[C@H]2C(=O)C[C@H]3C(=O)N[C@H](C(=O)N[C@H](C(=O)NCCCO/N=C(\C(=O)C[C@@H]4C(=O)N5C(C(=O)[O-])=C(C[n+]6ccccc6)CS[C@H]45)c4nc(N)sc4Cl)c4cc(O)cc(O)c4-c4cc3ccc4O)[C@H](O)c3ccc(c(Cl)c3)Oc3cc2cc(c3O[C@@H]2O[C@H](CO)[C@@H](O)[C@H](O)[C@H]2O[C@H]2C[C@](C)(N)[C@H](O)[C@H](C)O2)Oc2ccc(cc2Cl)[C@H]1O. The van der Waals surface area contributed by atoms with E-state index in [1.165, 1.54) is 51.2 Å². The number of carboxylic acid groups (broad SMARTS) is 1. The third kappa shape index (κ3) is 22.8. The number of ketones is 3. The Bertz CT molecular complexity index is 5920. The third-order valence-electron chi connectivity index (χ3n) is 24.2. The van der Waals surface area contributed by atoms with Crippen molar-refractivity contribution in [1.29, 1.82) is 0 Å². The maximum Gasteiger partial charge on any atom is 0.247 e. The van der Waals surface area contributed by atoms with Crippen LogP contribution >= 0.6 is 69.5 Å². The lowest BCUT2D eigenvalue weighted by atomic mass is 9.84. The zero-order chi connectivity index (χ0) is 100. The Morgan fingerprint density at radius 1 is 0.790 bits per heavy atom. The van der Waals surface area contributed by atoms with Crippen LogP contribution in [0.2, 0.25) is 14.4 Å². The van der Waals surface area contributed by atoms with Gasteiger partial charge in [0.15, 0.2) is 71.0 Å². The highest BCUT2D eigenvalue weighted by Gasteiger charge is 2.55. The average molecular weight is 2030 g/mol. The van der Waals surface area contributed by atoms with E-state index in [9.17, 15) is 75.0 Å². The fourth-order valence-corrected chi connectivity index (χ4v) is 20.0. The number of alkyl halides is 1. The molecule has 9 aliphatic rings. The lowest BCUT2D eigenvalue weighted by molar-refractivity contribution is -0.689. The van der Waals surface area contributed by atoms with Gasteiger partial charge in [-0.05, 0) is 116 Å². The van der Waals surface area contributed by atoms with Crippen LogP contribution in [0.15, 0.2) is 126 Å². The van der Waals surface area contributed by atoms with Crippen LogP contribution in [0, 0.1) is 17.8 Å². The summed E-state index contributed by atoms with van der Waals surface area (Å²) in [7, 11) is 1.48. The molecule has 0 spiro atoms. The van der Waals surface area contributed by atoms with Gasteiger partial charge >= 0.3 is 0 Å². The van der Waals surface area contributed by atoms with Gasteiger partial charge in [-0.3, -0.25) is 52.8 Å². The van der Waals surface area contributed by atoms with Gasteiger partial charge in [0, 0.05) is 97.6 Å². The molecule has 738 valence electrons. The number of nitrogens with two attached hydrogens (primary N) is 3. The van der Waals surface area contributed by atoms with Gasteiger partial charge in [0.05, 0.1) is 69.7 Å². The van der Waals surface area contributed by atoms with Gasteiger partial charge < -0.3 is 138 Å². The first-order valence-corrected chi connectivity index (χ1v) is 47.2. The number of amides is 7. The monoisotopic (exact) mass is 2030 g/mol. The molecule has 138 heavy (non-hydrogen) atoms. The molecule has 16 rings (SSSR count). The van der Waals surface area contributed by atoms with E-state index in [1.807, 2.05) is 13.8 Å². The highest BCUT2D eigenvalue weighted by Crippen LogP contribution is 2.52. The molecule has 20 atom stereocenters. The lowest BCUT2D eigenvalue weighted by Gasteiger charge is -2.50. The summed E-state index contributed by atoms with van der Waals surface area (Å²) in [5.74, 6) is -22.5. The second-order valence-corrected chi connectivity index (χ2v) is 38.0. The number of carboxylic acids is 1. The third-order valence-corrected chi connectivity index (χ3v) is 27.3. The van der Waals surface area contributed by atoms with E-state index < -0.39 is 304 Å². The van der Waals surface area contributed by atoms with Crippen molar-refractivity contribution in [3.63, 3.8) is 0 Å². The highest BCUT2D eigenvalue weighted by molar-refractivity contribution is 8.00. The predicted molar refractivity (Wildman–Crippen MR) is 493 cm³/mol. The second kappa shape index (κ2) is 44.3. The van der Waals surface area contributed by atoms with E-state index in [0.29, 0.717) is 5.57 Å². The number of rotatable bonds is 25. The molecule has 7 amide bonds. The number of ether oxygens (including phenoxy) is 6. The number of pyridine rings is 1. The van der Waals surface area contributed by atoms with Crippen LogP contribution in [0.25, 0.3) is 11.1 Å². The van der Waals surface area contributed by atoms with Crippen LogP contribution in [-0.4, -0.2) is 243 Å². The Morgan fingerprint density at radius 2 is 1.46 bits per heavy atom. The van der Waals surface area contributed by atoms with E-state index in [2.05, 4.69) is 53.6 Å². The molecule has 0 aliphatic carbocycles. The van der Waals surface area contributed by atoms with Crippen LogP contribution in [-0.2, 0) is 78.3 Å². The number of β-lactam (4-membered cyclic amide) rings is 1. The number of carbonyl (C=O) groups is 11. The number of nitrogens with zero attached hydrogens (tertiary/aromatic N) is 4. The van der Waals surface area contributed by atoms with Crippen molar-refractivity contribution in [3.8, 4) is 57.1 Å². The number of nitrogens with one attached hydrogen (secondary N) is 6. The first kappa shape index (κ1) is 104. The van der Waals surface area contributed by atoms with Crippen LogP contribution in [0.4, 0.5) is 5.13 Å². The molecule has 3 saturated heterocycles. The number of halogens is 4. The number of benzene rings is 5. The number of nitrogen functional groups attached to an aromatic ring is 1. The molecule has 11 heterocycles. The number of thiazole rings is 1. The number of oxime groups is 1. The number of anilines is 1. The Hall–Kier alpha value is -11.5. The number of aliphatic hydroxyl groups excluding tert-OH is 6. The number of hydrogen-bond donors (Lipinski definition) is 18. The summed E-state index contributed by atoms with van der Waals surface area (Å²) >= 11 is 27.6. The maximum absolute atomic E-state index is 16.5. The number of phenols is 3. The van der Waals surface area contributed by atoms with Crippen LogP contribution < -0.4 is 73.0 Å². The van der Waals surface area contributed by atoms with Crippen molar-refractivity contribution in [3.05, 3.63) is 169 Å². The smallest absolute Gasteiger partial charge is 0.247 e. The Balaban J connectivity index is 0.00000798. The molecule has 11 bridgehead atoms. The summed E-state index contributed by atoms with van der Waals surface area (Å²) < 4.78 is 40.5. The minimum atomic E-state index is -2.33. The van der Waals surface area contributed by atoms with Crippen molar-refractivity contribution in [1.82, 2.24) is 41.8 Å². The first-order chi connectivity index (χ1) is 65.6. The molecule has 7 aromatic rings. The zero-order valence-corrected chi connectivity index (χ0v) is 79.2. The Kier molecular flexibility index (Phi) is 33.4. The fourth-order valence-electron chi connectivity index (χ4n) is 17.3. The summed E-state index contributed by atoms with van der Waals surface area (Å²) in [5, 5.41) is 137. The van der Waals surface area contributed by atoms with Crippen LogP contribution in [0.5, 0.6) is 46.0 Å². The molecule has 0 radical (unpaired) electrons. The zero-order valence-electron chi connectivity index (χ0n) is 74.6. The van der Waals surface area contributed by atoms with Gasteiger partial charge in [0.1, 0.15) is 100 Å². The largest absolute Gasteiger partial charge is 0.543 e. The number of Topliss-reactive ketones (excluding diaryl/α,β-unsaturated/α-hetero) is 3. The Labute approximate surface area is 815 Å². The summed E-state index contributed by atoms with van der Waals surface area (Å²) in [6.07, 6.45) is -16.7. The molecule has 0 saturated carbocycles. The standard InChI is InChI=1S/C90H98Cl3N13O28S2.CH3Cl/c1-36(2)20-51(97-5)82(122)101-68-54(111)24-42(27-62(94)114)80(120)99-65-41-25-59(130-57-14-11-39(72(68)115)22-49(57)91)76(134-88-77(75(118)74(117)61(34-107)132-88)133-63-32-90(4,96)78(119)37(3)129-63)60(26-41)131-58-15-12-40(23-50(58)92)73(116)70-84(124)100-66(47-28-44(108)29-53(110)64(47)46-21-38(10-13-52(46)109)45(30-55(65)112)81(121)102-70)83(123)98-16-9-19-128-104-67(69-79(93)136-89(95)103-69)56(113)31-48-85(125)106-71(87(126)127)43(35-135-86(48)106)33-105-17-7-6-8-18-105;1-2/h6-8,10-15,17-18,21-23,25-26,28-29,36-37,42,45,48,51,61,63,65-66,68,70,72-75,77-78,86,88,97,107,115-119H,9,16,19-20,24,27,30-35,96H2,1-5H3,(H12-,94,95,98,99,100,101,102,103,104,108,109,110,113,114,120,121,122,123,124,126,127);1H3/t37-,42-,45+,48+,51+,61+,63-,65+,66-,68?,70-,72+,73+,74+,75-,77+,78+,86+,88-,90-;/m0./s1. The van der Waals surface area contributed by atoms with E-state index in [0.717, 1.165) is 83.0 Å². The van der Waals surface area contributed by atoms with E-state index in [4.69, 9.17) is 85.3 Å². The minimum Gasteiger partial charge on any atom is -0.543 e. The Morgan fingerprint density at radius 3 is 2.07 bits per heavy atom. The van der Waals surface area contributed by atoms with Gasteiger partial charge in [-0.25, -0.2) is 9.55 Å². The number of hydrogen-bond acceptors (Lipinski definition) is 35. The highest BCUT2D eigenvalue weighted by atomic mass is 35.5. The van der Waals surface area contributed by atoms with Crippen LogP contribution in [0.1, 0.15) is 136 Å². The summed E-state index contributed by atoms with van der Waals surface area (Å²) in [4.78, 5) is 174. The number of primary amides is 1. The molecule has 41 nitrogen and oxygen atoms in total. The van der Waals surface area contributed by atoms with Crippen LogP contribution in [0.3, 0.4) is 0 Å². The number of carbonyl (C=O) groups excluding carboxylic acids is 11. The molecule has 3 fully saturated rings. The van der Waals surface area contributed by atoms with Crippen molar-refractivity contribution >= 4 is 145 Å². The quantitative estimate of drug-likeness (QED) is 0.00976. The number of thioether (sulfide) groups is 1. The predicted octanol–water partition coefficient (Wildman–Crippen LogP) is 2.95. The fraction of sp³-hybridized carbons (Fsp3) is 0.429.